The van der Waals surface area contributed by atoms with Crippen molar-refractivity contribution in [2.24, 2.45) is 0 Å². The van der Waals surface area contributed by atoms with Crippen LogP contribution in [-0.2, 0) is 18.0 Å². The summed E-state index contributed by atoms with van der Waals surface area (Å²) >= 11 is 0. The minimum atomic E-state index is 0.547. The van der Waals surface area contributed by atoms with Gasteiger partial charge in [0.1, 0.15) is 0 Å². The summed E-state index contributed by atoms with van der Waals surface area (Å²) < 4.78 is 7.49. The van der Waals surface area contributed by atoms with Crippen molar-refractivity contribution in [2.75, 3.05) is 0 Å². The Balaban J connectivity index is 1.99. The van der Waals surface area contributed by atoms with Gasteiger partial charge in [0.05, 0.1) is 30.4 Å². The second kappa shape index (κ2) is 4.83. The van der Waals surface area contributed by atoms with E-state index in [9.17, 15) is 4.79 Å². The molecule has 0 aliphatic carbocycles. The first kappa shape index (κ1) is 12.8. The molecule has 0 unspecified atom stereocenters. The fraction of sp³-hybridized carbons (Fsp3) is 0.111. The fourth-order valence-corrected chi connectivity index (χ4v) is 3.04. The van der Waals surface area contributed by atoms with E-state index in [1.165, 1.54) is 0 Å². The van der Waals surface area contributed by atoms with Crippen LogP contribution in [0.3, 0.4) is 0 Å². The van der Waals surface area contributed by atoms with Gasteiger partial charge in [-0.2, -0.15) is 5.26 Å². The Morgan fingerprint density at radius 2 is 1.95 bits per heavy atom. The van der Waals surface area contributed by atoms with Gasteiger partial charge in [-0.1, -0.05) is 6.07 Å². The number of aldehydes is 1. The Kier molecular flexibility index (Phi) is 2.81. The molecule has 0 radical (unpaired) electrons. The standard InChI is InChI=1S/C18H12N2O2/c19-7-12-1-4-15(5-2-12)20-8-14(9-21)18-16-11-22-10-13(16)3-6-17(18)20/h1-6,8-9H,10-11H2. The van der Waals surface area contributed by atoms with E-state index < -0.39 is 0 Å². The third-order valence-electron chi connectivity index (χ3n) is 4.11. The van der Waals surface area contributed by atoms with E-state index in [2.05, 4.69) is 12.1 Å². The Morgan fingerprint density at radius 1 is 1.14 bits per heavy atom. The Labute approximate surface area is 127 Å². The summed E-state index contributed by atoms with van der Waals surface area (Å²) in [4.78, 5) is 11.5. The van der Waals surface area contributed by atoms with Crippen molar-refractivity contribution in [1.82, 2.24) is 4.57 Å². The number of carbonyl (C=O) groups excluding carboxylic acids is 1. The molecule has 1 aliphatic rings. The van der Waals surface area contributed by atoms with Gasteiger partial charge in [0, 0.05) is 22.8 Å². The van der Waals surface area contributed by atoms with Crippen molar-refractivity contribution in [1.29, 1.82) is 5.26 Å². The van der Waals surface area contributed by atoms with E-state index in [4.69, 9.17) is 10.00 Å². The third-order valence-corrected chi connectivity index (χ3v) is 4.11. The summed E-state index contributed by atoms with van der Waals surface area (Å²) in [5, 5.41) is 9.87. The molecule has 0 N–H and O–H groups in total. The maximum Gasteiger partial charge on any atom is 0.152 e. The molecule has 106 valence electrons. The number of hydrogen-bond donors (Lipinski definition) is 0. The quantitative estimate of drug-likeness (QED) is 0.679. The van der Waals surface area contributed by atoms with Gasteiger partial charge >= 0.3 is 0 Å². The van der Waals surface area contributed by atoms with Crippen molar-refractivity contribution >= 4 is 17.2 Å². The lowest BCUT2D eigenvalue weighted by atomic mass is 10.0. The van der Waals surface area contributed by atoms with Crippen LogP contribution in [0.15, 0.2) is 42.6 Å². The number of nitriles is 1. The molecule has 4 heteroatoms. The molecule has 0 spiro atoms. The van der Waals surface area contributed by atoms with Gasteiger partial charge in [0.2, 0.25) is 0 Å². The predicted molar refractivity (Wildman–Crippen MR) is 81.9 cm³/mol. The van der Waals surface area contributed by atoms with Gasteiger partial charge < -0.3 is 9.30 Å². The van der Waals surface area contributed by atoms with Gasteiger partial charge in [-0.3, -0.25) is 4.79 Å². The van der Waals surface area contributed by atoms with E-state index in [1.807, 2.05) is 29.0 Å². The van der Waals surface area contributed by atoms with Crippen LogP contribution < -0.4 is 0 Å². The van der Waals surface area contributed by atoms with Crippen LogP contribution in [-0.4, -0.2) is 10.9 Å². The average Bonchev–Trinajstić information content (AvgIpc) is 3.18. The van der Waals surface area contributed by atoms with Crippen LogP contribution >= 0.6 is 0 Å². The molecule has 2 heterocycles. The maximum atomic E-state index is 11.5. The first-order chi connectivity index (χ1) is 10.8. The monoisotopic (exact) mass is 288 g/mol. The highest BCUT2D eigenvalue weighted by Crippen LogP contribution is 2.33. The lowest BCUT2D eigenvalue weighted by Gasteiger charge is -2.06. The molecule has 0 fully saturated rings. The van der Waals surface area contributed by atoms with Crippen LogP contribution in [0.4, 0.5) is 0 Å². The minimum absolute atomic E-state index is 0.547. The van der Waals surface area contributed by atoms with Crippen molar-refractivity contribution in [2.45, 2.75) is 13.2 Å². The highest BCUT2D eigenvalue weighted by Gasteiger charge is 2.19. The molecule has 4 rings (SSSR count). The zero-order chi connectivity index (χ0) is 15.1. The minimum Gasteiger partial charge on any atom is -0.372 e. The summed E-state index contributed by atoms with van der Waals surface area (Å²) in [5.74, 6) is 0. The fourth-order valence-electron chi connectivity index (χ4n) is 3.04. The average molecular weight is 288 g/mol. The van der Waals surface area contributed by atoms with Gasteiger partial charge in [-0.05, 0) is 41.5 Å². The first-order valence-electron chi connectivity index (χ1n) is 7.01. The van der Waals surface area contributed by atoms with Crippen molar-refractivity contribution in [3.8, 4) is 11.8 Å². The third kappa shape index (κ3) is 1.77. The van der Waals surface area contributed by atoms with Gasteiger partial charge in [0.15, 0.2) is 6.29 Å². The van der Waals surface area contributed by atoms with Crippen LogP contribution in [0.2, 0.25) is 0 Å². The summed E-state index contributed by atoms with van der Waals surface area (Å²) in [6.45, 7) is 1.15. The predicted octanol–water partition coefficient (Wildman–Crippen LogP) is 3.34. The SMILES string of the molecule is N#Cc1ccc(-n2cc(C=O)c3c4c(ccc32)COC4)cc1. The van der Waals surface area contributed by atoms with Crippen molar-refractivity contribution in [3.05, 3.63) is 64.8 Å². The topological polar surface area (TPSA) is 55.0 Å². The lowest BCUT2D eigenvalue weighted by Crippen LogP contribution is -1.92. The number of benzene rings is 2. The molecule has 0 amide bonds. The number of fused-ring (bicyclic) bond motifs is 3. The van der Waals surface area contributed by atoms with E-state index in [0.29, 0.717) is 24.3 Å². The number of rotatable bonds is 2. The molecule has 4 nitrogen and oxygen atoms in total. The number of nitrogens with zero attached hydrogens (tertiary/aromatic N) is 2. The second-order valence-corrected chi connectivity index (χ2v) is 5.32. The smallest absolute Gasteiger partial charge is 0.152 e. The van der Waals surface area contributed by atoms with Gasteiger partial charge in [-0.15, -0.1) is 0 Å². The maximum absolute atomic E-state index is 11.5. The molecule has 22 heavy (non-hydrogen) atoms. The highest BCUT2D eigenvalue weighted by molar-refractivity contribution is 6.01. The van der Waals surface area contributed by atoms with E-state index in [1.54, 1.807) is 12.1 Å². The lowest BCUT2D eigenvalue weighted by molar-refractivity contribution is 0.112. The zero-order valence-corrected chi connectivity index (χ0v) is 11.7. The molecule has 0 atom stereocenters. The Bertz CT molecular complexity index is 930. The Hall–Kier alpha value is -2.90. The van der Waals surface area contributed by atoms with Gasteiger partial charge in [0.25, 0.3) is 0 Å². The largest absolute Gasteiger partial charge is 0.372 e. The number of aromatic nitrogens is 1. The van der Waals surface area contributed by atoms with E-state index in [-0.39, 0.29) is 0 Å². The van der Waals surface area contributed by atoms with Crippen LogP contribution in [0, 0.1) is 11.3 Å². The first-order valence-corrected chi connectivity index (χ1v) is 7.01. The summed E-state index contributed by atoms with van der Waals surface area (Å²) in [5.41, 5.74) is 5.44. The molecule has 3 aromatic rings. The molecular weight excluding hydrogens is 276 g/mol. The molecule has 0 saturated heterocycles. The molecule has 0 saturated carbocycles. The number of carbonyl (C=O) groups is 1. The summed E-state index contributed by atoms with van der Waals surface area (Å²) in [7, 11) is 0. The van der Waals surface area contributed by atoms with E-state index >= 15 is 0 Å². The normalized spacial score (nSPS) is 13.0. The van der Waals surface area contributed by atoms with Gasteiger partial charge in [-0.25, -0.2) is 0 Å². The van der Waals surface area contributed by atoms with Crippen LogP contribution in [0.5, 0.6) is 0 Å². The molecule has 2 aromatic carbocycles. The second-order valence-electron chi connectivity index (χ2n) is 5.32. The highest BCUT2D eigenvalue weighted by atomic mass is 16.5. The Morgan fingerprint density at radius 3 is 2.68 bits per heavy atom. The van der Waals surface area contributed by atoms with Crippen molar-refractivity contribution in [3.63, 3.8) is 0 Å². The van der Waals surface area contributed by atoms with Crippen LogP contribution in [0.1, 0.15) is 27.0 Å². The molecule has 0 bridgehead atoms. The number of ether oxygens (including phenoxy) is 1. The molecule has 1 aliphatic heterocycles. The molecular formula is C18H12N2O2. The van der Waals surface area contributed by atoms with Crippen LogP contribution in [0.25, 0.3) is 16.6 Å². The number of hydrogen-bond acceptors (Lipinski definition) is 3. The zero-order valence-electron chi connectivity index (χ0n) is 11.7. The summed E-state index contributed by atoms with van der Waals surface area (Å²) in [6, 6.07) is 13.5. The molecule has 1 aromatic heterocycles. The van der Waals surface area contributed by atoms with Crippen molar-refractivity contribution < 1.29 is 9.53 Å². The summed E-state index contributed by atoms with van der Waals surface area (Å²) in [6.07, 6.45) is 2.73. The van der Waals surface area contributed by atoms with E-state index in [0.717, 1.165) is 34.0 Å².